The third-order valence-electron chi connectivity index (χ3n) is 7.29. The number of carbonyl (C=O) groups excluding carboxylic acids is 1. The second-order valence-corrected chi connectivity index (χ2v) is 10.4. The van der Waals surface area contributed by atoms with E-state index in [2.05, 4.69) is 22.1 Å². The van der Waals surface area contributed by atoms with Crippen molar-refractivity contribution < 1.29 is 9.18 Å². The third kappa shape index (κ3) is 3.36. The highest BCUT2D eigenvalue weighted by Gasteiger charge is 2.36. The van der Waals surface area contributed by atoms with Crippen molar-refractivity contribution in [3.8, 4) is 5.00 Å². The van der Waals surface area contributed by atoms with Gasteiger partial charge in [0.25, 0.3) is 0 Å². The lowest BCUT2D eigenvalue weighted by molar-refractivity contribution is 0.176. The Morgan fingerprint density at radius 2 is 1.88 bits per heavy atom. The average molecular weight is 450 g/mol. The molecule has 0 saturated heterocycles. The summed E-state index contributed by atoms with van der Waals surface area (Å²) in [7, 11) is 0. The summed E-state index contributed by atoms with van der Waals surface area (Å²) in [5.41, 5.74) is 4.56. The molecule has 3 aromatic rings. The summed E-state index contributed by atoms with van der Waals surface area (Å²) in [6, 6.07) is 10.7. The Hall–Kier alpha value is -2.60. The zero-order chi connectivity index (χ0) is 21.7. The highest BCUT2D eigenvalue weighted by molar-refractivity contribution is 7.15. The standard InChI is InChI=1S/C26H28FN3OS/c27-18-8-5-7-17(15-18)24-22-12-6-14-29(22)25-21(20-11-3-4-13-23(20)32-25)16-30(24)26(31)28-19-9-1-2-10-19/h5-8,12,14-15,19,24H,1-4,9-11,13,16H2,(H,28,31)/t24-/m0/s1. The number of urea groups is 1. The van der Waals surface area contributed by atoms with E-state index in [4.69, 9.17) is 0 Å². The molecule has 6 heteroatoms. The summed E-state index contributed by atoms with van der Waals surface area (Å²) in [6.45, 7) is 0.558. The SMILES string of the molecule is O=C(NC1CCCC1)N1Cc2c(sc3c2CCCC3)-n2cccc2[C@@H]1c1cccc(F)c1. The maximum absolute atomic E-state index is 14.3. The van der Waals surface area contributed by atoms with Crippen molar-refractivity contribution in [2.45, 2.75) is 70.0 Å². The molecule has 4 nitrogen and oxygen atoms in total. The van der Waals surface area contributed by atoms with Gasteiger partial charge in [-0.15, -0.1) is 11.3 Å². The lowest BCUT2D eigenvalue weighted by Crippen LogP contribution is -2.45. The molecule has 166 valence electrons. The van der Waals surface area contributed by atoms with E-state index in [1.807, 2.05) is 28.4 Å². The summed E-state index contributed by atoms with van der Waals surface area (Å²) >= 11 is 1.88. The van der Waals surface area contributed by atoms with E-state index in [1.54, 1.807) is 12.1 Å². The van der Waals surface area contributed by atoms with Crippen LogP contribution in [0.1, 0.15) is 71.8 Å². The molecule has 0 bridgehead atoms. The van der Waals surface area contributed by atoms with Crippen molar-refractivity contribution in [2.75, 3.05) is 0 Å². The van der Waals surface area contributed by atoms with Crippen LogP contribution >= 0.6 is 11.3 Å². The van der Waals surface area contributed by atoms with Crippen LogP contribution in [0, 0.1) is 5.82 Å². The lowest BCUT2D eigenvalue weighted by atomic mass is 9.95. The van der Waals surface area contributed by atoms with Gasteiger partial charge >= 0.3 is 6.03 Å². The fourth-order valence-corrected chi connectivity index (χ4v) is 7.15. The number of aryl methyl sites for hydroxylation is 1. The van der Waals surface area contributed by atoms with Crippen LogP contribution in [0.3, 0.4) is 0 Å². The molecule has 1 aliphatic heterocycles. The minimum Gasteiger partial charge on any atom is -0.335 e. The molecule has 1 atom stereocenters. The van der Waals surface area contributed by atoms with Gasteiger partial charge in [-0.1, -0.05) is 25.0 Å². The van der Waals surface area contributed by atoms with Crippen LogP contribution in [-0.2, 0) is 19.4 Å². The highest BCUT2D eigenvalue weighted by atomic mass is 32.1. The molecule has 1 saturated carbocycles. The Morgan fingerprint density at radius 3 is 2.72 bits per heavy atom. The van der Waals surface area contributed by atoms with E-state index in [-0.39, 0.29) is 23.9 Å². The van der Waals surface area contributed by atoms with Crippen LogP contribution in [0.25, 0.3) is 5.00 Å². The molecule has 1 fully saturated rings. The fourth-order valence-electron chi connectivity index (χ4n) is 5.74. The van der Waals surface area contributed by atoms with Gasteiger partial charge in [0, 0.05) is 22.7 Å². The molecule has 32 heavy (non-hydrogen) atoms. The Morgan fingerprint density at radius 1 is 1.03 bits per heavy atom. The van der Waals surface area contributed by atoms with Crippen LogP contribution in [-0.4, -0.2) is 21.5 Å². The monoisotopic (exact) mass is 449 g/mol. The number of thiophene rings is 1. The van der Waals surface area contributed by atoms with E-state index in [1.165, 1.54) is 52.8 Å². The molecule has 3 heterocycles. The number of hydrogen-bond acceptors (Lipinski definition) is 2. The highest BCUT2D eigenvalue weighted by Crippen LogP contribution is 2.44. The predicted molar refractivity (Wildman–Crippen MR) is 125 cm³/mol. The van der Waals surface area contributed by atoms with Gasteiger partial charge < -0.3 is 14.8 Å². The van der Waals surface area contributed by atoms with Crippen molar-refractivity contribution in [1.29, 1.82) is 0 Å². The topological polar surface area (TPSA) is 37.3 Å². The molecule has 2 aromatic heterocycles. The van der Waals surface area contributed by atoms with Crippen molar-refractivity contribution in [1.82, 2.24) is 14.8 Å². The summed E-state index contributed by atoms with van der Waals surface area (Å²) in [4.78, 5) is 17.1. The molecule has 0 radical (unpaired) electrons. The number of rotatable bonds is 2. The zero-order valence-corrected chi connectivity index (χ0v) is 19.0. The third-order valence-corrected chi connectivity index (χ3v) is 8.62. The Balaban J connectivity index is 1.49. The Labute approximate surface area is 192 Å². The lowest BCUT2D eigenvalue weighted by Gasteiger charge is -2.32. The minimum atomic E-state index is -0.332. The quantitative estimate of drug-likeness (QED) is 0.503. The summed E-state index contributed by atoms with van der Waals surface area (Å²) in [5, 5.41) is 4.54. The first-order chi connectivity index (χ1) is 15.7. The van der Waals surface area contributed by atoms with Crippen LogP contribution in [0.2, 0.25) is 0 Å². The molecule has 6 rings (SSSR count). The zero-order valence-electron chi connectivity index (χ0n) is 18.1. The van der Waals surface area contributed by atoms with Gasteiger partial charge in [0.1, 0.15) is 10.8 Å². The van der Waals surface area contributed by atoms with Gasteiger partial charge in [0.15, 0.2) is 0 Å². The van der Waals surface area contributed by atoms with E-state index < -0.39 is 0 Å². The van der Waals surface area contributed by atoms with Crippen LogP contribution in [0.4, 0.5) is 9.18 Å². The number of amides is 2. The summed E-state index contributed by atoms with van der Waals surface area (Å²) in [6.07, 6.45) is 11.2. The largest absolute Gasteiger partial charge is 0.335 e. The molecule has 3 aliphatic rings. The van der Waals surface area contributed by atoms with Gasteiger partial charge in [0.2, 0.25) is 0 Å². The van der Waals surface area contributed by atoms with E-state index >= 15 is 0 Å². The van der Waals surface area contributed by atoms with Crippen molar-refractivity contribution >= 4 is 17.4 Å². The molecule has 2 aliphatic carbocycles. The van der Waals surface area contributed by atoms with E-state index in [0.29, 0.717) is 6.54 Å². The normalized spacial score (nSPS) is 20.4. The number of benzene rings is 1. The molecule has 1 aromatic carbocycles. The van der Waals surface area contributed by atoms with Gasteiger partial charge in [-0.25, -0.2) is 9.18 Å². The number of hydrogen-bond donors (Lipinski definition) is 1. The van der Waals surface area contributed by atoms with Crippen LogP contribution in [0.15, 0.2) is 42.6 Å². The number of nitrogens with zero attached hydrogens (tertiary/aromatic N) is 2. The molecular weight excluding hydrogens is 421 g/mol. The van der Waals surface area contributed by atoms with Gasteiger partial charge in [0.05, 0.1) is 18.3 Å². The first-order valence-corrected chi connectivity index (χ1v) is 12.6. The second kappa shape index (κ2) is 8.07. The molecule has 2 amide bonds. The number of halogens is 1. The van der Waals surface area contributed by atoms with E-state index in [0.717, 1.165) is 36.9 Å². The number of nitrogens with one attached hydrogen (secondary N) is 1. The Bertz CT molecular complexity index is 1160. The predicted octanol–water partition coefficient (Wildman–Crippen LogP) is 6.11. The van der Waals surface area contributed by atoms with Crippen LogP contribution < -0.4 is 5.32 Å². The van der Waals surface area contributed by atoms with Gasteiger partial charge in [-0.3, -0.25) is 0 Å². The average Bonchev–Trinajstić information content (AvgIpc) is 3.53. The van der Waals surface area contributed by atoms with E-state index in [9.17, 15) is 9.18 Å². The molecule has 0 spiro atoms. The number of aromatic nitrogens is 1. The fraction of sp³-hybridized carbons (Fsp3) is 0.423. The first kappa shape index (κ1) is 20.0. The Kier molecular flexibility index (Phi) is 5.05. The molecule has 1 N–H and O–H groups in total. The smallest absolute Gasteiger partial charge is 0.318 e. The second-order valence-electron chi connectivity index (χ2n) is 9.31. The van der Waals surface area contributed by atoms with Gasteiger partial charge in [-0.05, 0) is 73.9 Å². The first-order valence-electron chi connectivity index (χ1n) is 11.8. The summed E-state index contributed by atoms with van der Waals surface area (Å²) in [5.74, 6) is -0.270. The van der Waals surface area contributed by atoms with Crippen molar-refractivity contribution in [3.63, 3.8) is 0 Å². The number of carbonyl (C=O) groups is 1. The van der Waals surface area contributed by atoms with Gasteiger partial charge in [-0.2, -0.15) is 0 Å². The maximum Gasteiger partial charge on any atom is 0.318 e. The maximum atomic E-state index is 14.3. The molecular formula is C26H28FN3OS. The van der Waals surface area contributed by atoms with Crippen molar-refractivity contribution in [3.05, 3.63) is 75.7 Å². The summed E-state index contributed by atoms with van der Waals surface area (Å²) < 4.78 is 16.5. The van der Waals surface area contributed by atoms with Crippen molar-refractivity contribution in [2.24, 2.45) is 0 Å². The molecule has 0 unspecified atom stereocenters. The van der Waals surface area contributed by atoms with Crippen LogP contribution in [0.5, 0.6) is 0 Å². The minimum absolute atomic E-state index is 0.0393. The number of fused-ring (bicyclic) bond motifs is 5.